The van der Waals surface area contributed by atoms with Gasteiger partial charge in [-0.2, -0.15) is 0 Å². The van der Waals surface area contributed by atoms with Gasteiger partial charge in [-0.05, 0) is 52.1 Å². The van der Waals surface area contributed by atoms with Crippen molar-refractivity contribution in [3.8, 4) is 5.75 Å². The third kappa shape index (κ3) is 2.98. The van der Waals surface area contributed by atoms with Gasteiger partial charge in [0.05, 0.1) is 6.61 Å². The van der Waals surface area contributed by atoms with Crippen LogP contribution in [0, 0.1) is 0 Å². The number of hydrogen-bond donors (Lipinski definition) is 1. The molecule has 1 atom stereocenters. The Morgan fingerprint density at radius 2 is 1.66 bits per heavy atom. The maximum atomic E-state index is 12.9. The molecule has 1 N–H and O–H groups in total. The third-order valence-corrected chi connectivity index (χ3v) is 5.61. The van der Waals surface area contributed by atoms with Crippen LogP contribution in [0.1, 0.15) is 22.6 Å². The normalized spacial score (nSPS) is 18.0. The molecular formula is C25H18O4. The van der Waals surface area contributed by atoms with Gasteiger partial charge in [-0.1, -0.05) is 48.5 Å². The smallest absolute Gasteiger partial charge is 0.221 e. The average molecular weight is 382 g/mol. The lowest BCUT2D eigenvalue weighted by Gasteiger charge is -2.18. The molecule has 4 nitrogen and oxygen atoms in total. The van der Waals surface area contributed by atoms with Crippen molar-refractivity contribution in [1.29, 1.82) is 0 Å². The van der Waals surface area contributed by atoms with Crippen LogP contribution in [0.2, 0.25) is 0 Å². The number of aliphatic hydroxyl groups excluding tert-OH is 1. The summed E-state index contributed by atoms with van der Waals surface area (Å²) in [5, 5.41) is 11.5. The molecular weight excluding hydrogens is 364 g/mol. The van der Waals surface area contributed by atoms with E-state index in [1.165, 1.54) is 23.1 Å². The van der Waals surface area contributed by atoms with Crippen molar-refractivity contribution in [1.82, 2.24) is 0 Å². The van der Waals surface area contributed by atoms with Gasteiger partial charge in [0.15, 0.2) is 11.5 Å². The van der Waals surface area contributed by atoms with Crippen molar-refractivity contribution in [3.63, 3.8) is 0 Å². The molecule has 3 aromatic carbocycles. The molecule has 3 aromatic rings. The molecule has 0 aromatic heterocycles. The van der Waals surface area contributed by atoms with Crippen LogP contribution in [0.4, 0.5) is 0 Å². The predicted molar refractivity (Wildman–Crippen MR) is 110 cm³/mol. The average Bonchev–Trinajstić information content (AvgIpc) is 3.12. The van der Waals surface area contributed by atoms with Crippen molar-refractivity contribution in [2.75, 3.05) is 0 Å². The number of carbonyl (C=O) groups excluding carboxylic acids is 2. The van der Waals surface area contributed by atoms with Gasteiger partial charge >= 0.3 is 0 Å². The zero-order valence-corrected chi connectivity index (χ0v) is 15.6. The molecule has 0 spiro atoms. The van der Waals surface area contributed by atoms with E-state index in [1.54, 1.807) is 24.3 Å². The minimum absolute atomic E-state index is 0.0178. The molecule has 0 bridgehead atoms. The van der Waals surface area contributed by atoms with Crippen molar-refractivity contribution in [2.24, 2.45) is 0 Å². The summed E-state index contributed by atoms with van der Waals surface area (Å²) in [5.74, 6) is -0.154. The van der Waals surface area contributed by atoms with Crippen molar-refractivity contribution >= 4 is 22.3 Å². The van der Waals surface area contributed by atoms with Gasteiger partial charge in [0.1, 0.15) is 5.75 Å². The van der Waals surface area contributed by atoms with Gasteiger partial charge in [0, 0.05) is 17.6 Å². The quantitative estimate of drug-likeness (QED) is 0.693. The molecule has 2 aliphatic rings. The number of rotatable bonds is 4. The number of ether oxygens (including phenoxy) is 1. The molecule has 0 saturated heterocycles. The van der Waals surface area contributed by atoms with Crippen LogP contribution in [-0.4, -0.2) is 16.7 Å². The summed E-state index contributed by atoms with van der Waals surface area (Å²) in [6.45, 7) is -0.0664. The molecule has 29 heavy (non-hydrogen) atoms. The number of ketones is 2. The fraction of sp³-hybridized carbons (Fsp3) is 0.120. The largest absolute Gasteiger partial charge is 0.453 e. The van der Waals surface area contributed by atoms with Crippen molar-refractivity contribution in [3.05, 3.63) is 101 Å². The Bertz CT molecular complexity index is 1210. The van der Waals surface area contributed by atoms with Crippen LogP contribution >= 0.6 is 0 Å². The molecule has 0 heterocycles. The molecule has 4 heteroatoms. The van der Waals surface area contributed by atoms with Gasteiger partial charge in [0.25, 0.3) is 0 Å². The summed E-state index contributed by atoms with van der Waals surface area (Å²) >= 11 is 0. The number of hydrogen-bond acceptors (Lipinski definition) is 4. The second-order valence-electron chi connectivity index (χ2n) is 7.36. The fourth-order valence-corrected chi connectivity index (χ4v) is 4.22. The molecule has 0 amide bonds. The summed E-state index contributed by atoms with van der Waals surface area (Å²) in [5.41, 5.74) is 3.57. The van der Waals surface area contributed by atoms with Crippen LogP contribution in [0.5, 0.6) is 5.75 Å². The van der Waals surface area contributed by atoms with E-state index in [1.807, 2.05) is 18.2 Å². The van der Waals surface area contributed by atoms with Crippen LogP contribution in [-0.2, 0) is 22.6 Å². The monoisotopic (exact) mass is 382 g/mol. The van der Waals surface area contributed by atoms with Crippen LogP contribution in [0.15, 0.2) is 84.1 Å². The molecule has 5 rings (SSSR count). The van der Waals surface area contributed by atoms with E-state index >= 15 is 0 Å². The Balaban J connectivity index is 1.43. The van der Waals surface area contributed by atoms with E-state index in [9.17, 15) is 9.59 Å². The minimum Gasteiger partial charge on any atom is -0.453 e. The fourth-order valence-electron chi connectivity index (χ4n) is 4.22. The number of allylic oxidation sites excluding steroid dienone is 3. The zero-order chi connectivity index (χ0) is 20.0. The third-order valence-electron chi connectivity index (χ3n) is 5.61. The van der Waals surface area contributed by atoms with Crippen molar-refractivity contribution < 1.29 is 19.4 Å². The molecule has 1 unspecified atom stereocenters. The molecule has 0 aliphatic heterocycles. The summed E-state index contributed by atoms with van der Waals surface area (Å²) in [6.07, 6.45) is 3.43. The van der Waals surface area contributed by atoms with Gasteiger partial charge in [-0.15, -0.1) is 0 Å². The lowest BCUT2D eigenvalue weighted by atomic mass is 9.86. The standard InChI is InChI=1S/C25H18O4/c26-14-15-7-9-18(10-8-15)29-24-13-22(27)21(12-23(24)28)20-11-17-5-1-3-16-4-2-6-19(20)25(16)17/h1-10,12-13,20,26H,11,14H2. The van der Waals surface area contributed by atoms with Gasteiger partial charge in [-0.3, -0.25) is 9.59 Å². The molecule has 0 fully saturated rings. The second kappa shape index (κ2) is 6.83. The summed E-state index contributed by atoms with van der Waals surface area (Å²) in [7, 11) is 0. The van der Waals surface area contributed by atoms with Crippen LogP contribution in [0.25, 0.3) is 10.8 Å². The first kappa shape index (κ1) is 17.6. The highest BCUT2D eigenvalue weighted by molar-refractivity contribution is 6.20. The van der Waals surface area contributed by atoms with E-state index in [0.717, 1.165) is 16.5 Å². The number of carbonyl (C=O) groups is 2. The van der Waals surface area contributed by atoms with Gasteiger partial charge in [-0.25, -0.2) is 0 Å². The number of benzene rings is 3. The maximum Gasteiger partial charge on any atom is 0.221 e. The first-order valence-corrected chi connectivity index (χ1v) is 9.54. The summed E-state index contributed by atoms with van der Waals surface area (Å²) < 4.78 is 5.63. The van der Waals surface area contributed by atoms with E-state index < -0.39 is 0 Å². The Morgan fingerprint density at radius 3 is 2.41 bits per heavy atom. The predicted octanol–water partition coefficient (Wildman–Crippen LogP) is 4.01. The van der Waals surface area contributed by atoms with E-state index in [-0.39, 0.29) is 29.9 Å². The molecule has 0 saturated carbocycles. The topological polar surface area (TPSA) is 63.6 Å². The van der Waals surface area contributed by atoms with Gasteiger partial charge < -0.3 is 9.84 Å². The second-order valence-corrected chi connectivity index (χ2v) is 7.36. The van der Waals surface area contributed by atoms with E-state index in [4.69, 9.17) is 9.84 Å². The summed E-state index contributed by atoms with van der Waals surface area (Å²) in [6, 6.07) is 19.0. The van der Waals surface area contributed by atoms with Gasteiger partial charge in [0.2, 0.25) is 5.78 Å². The van der Waals surface area contributed by atoms with Crippen LogP contribution < -0.4 is 4.74 Å². The lowest BCUT2D eigenvalue weighted by Crippen LogP contribution is -2.20. The minimum atomic E-state index is -0.311. The Labute approximate surface area is 167 Å². The zero-order valence-electron chi connectivity index (χ0n) is 15.6. The first-order valence-electron chi connectivity index (χ1n) is 9.54. The highest BCUT2D eigenvalue weighted by Crippen LogP contribution is 2.43. The van der Waals surface area contributed by atoms with Crippen molar-refractivity contribution in [2.45, 2.75) is 18.9 Å². The Kier molecular flexibility index (Phi) is 4.14. The highest BCUT2D eigenvalue weighted by atomic mass is 16.5. The SMILES string of the molecule is O=C1C=C(C2Cc3cccc4cccc2c34)C(=O)C=C1Oc1ccc(CO)cc1. The molecule has 2 aliphatic carbocycles. The number of aliphatic hydroxyl groups is 1. The van der Waals surface area contributed by atoms with E-state index in [2.05, 4.69) is 18.2 Å². The Hall–Kier alpha value is -3.50. The van der Waals surface area contributed by atoms with E-state index in [0.29, 0.717) is 17.7 Å². The lowest BCUT2D eigenvalue weighted by molar-refractivity contribution is -0.116. The van der Waals surface area contributed by atoms with Crippen LogP contribution in [0.3, 0.4) is 0 Å². The summed E-state index contributed by atoms with van der Waals surface area (Å²) in [4.78, 5) is 25.6. The molecule has 142 valence electrons. The molecule has 0 radical (unpaired) electrons. The highest BCUT2D eigenvalue weighted by Gasteiger charge is 2.33. The Morgan fingerprint density at radius 1 is 0.897 bits per heavy atom. The maximum absolute atomic E-state index is 12.9. The first-order chi connectivity index (χ1) is 14.1.